The zero-order valence-corrected chi connectivity index (χ0v) is 14.6. The highest BCUT2D eigenvalue weighted by Crippen LogP contribution is 2.33. The van der Waals surface area contributed by atoms with Crippen LogP contribution in [0, 0.1) is 0 Å². The molecule has 23 heavy (non-hydrogen) atoms. The summed E-state index contributed by atoms with van der Waals surface area (Å²) in [6, 6.07) is 7.34. The van der Waals surface area contributed by atoms with Crippen molar-refractivity contribution >= 4 is 11.8 Å². The molecule has 4 nitrogen and oxygen atoms in total. The minimum atomic E-state index is -0.786. The van der Waals surface area contributed by atoms with E-state index in [1.807, 2.05) is 26.0 Å². The van der Waals surface area contributed by atoms with Crippen molar-refractivity contribution in [2.45, 2.75) is 58.5 Å². The summed E-state index contributed by atoms with van der Waals surface area (Å²) in [5, 5.41) is 0. The molecule has 0 aromatic heterocycles. The molecule has 0 spiro atoms. The van der Waals surface area contributed by atoms with E-state index >= 15 is 0 Å². The maximum atomic E-state index is 11.8. The quantitative estimate of drug-likeness (QED) is 0.465. The van der Waals surface area contributed by atoms with Crippen molar-refractivity contribution in [3.8, 4) is 0 Å². The number of carbonyl (C=O) groups excluding carboxylic acids is 2. The van der Waals surface area contributed by atoms with Gasteiger partial charge in [0.25, 0.3) is 5.78 Å². The number of methoxy groups -OCH3 is 1. The van der Waals surface area contributed by atoms with Crippen LogP contribution in [0.5, 0.6) is 0 Å². The van der Waals surface area contributed by atoms with Gasteiger partial charge in [0.15, 0.2) is 0 Å². The van der Waals surface area contributed by atoms with Crippen LogP contribution in [0.25, 0.3) is 0 Å². The largest absolute Gasteiger partial charge is 0.460 e. The molecule has 0 aliphatic heterocycles. The summed E-state index contributed by atoms with van der Waals surface area (Å²) in [5.74, 6) is -0.847. The Hall–Kier alpha value is -1.68. The topological polar surface area (TPSA) is 52.6 Å². The summed E-state index contributed by atoms with van der Waals surface area (Å²) >= 11 is 0. The highest BCUT2D eigenvalue weighted by molar-refractivity contribution is 6.40. The maximum absolute atomic E-state index is 11.8. The smallest absolute Gasteiger partial charge is 0.379 e. The Bertz CT molecular complexity index is 485. The van der Waals surface area contributed by atoms with Gasteiger partial charge in [0, 0.05) is 12.7 Å². The third-order valence-corrected chi connectivity index (χ3v) is 4.11. The lowest BCUT2D eigenvalue weighted by atomic mass is 9.82. The van der Waals surface area contributed by atoms with Gasteiger partial charge >= 0.3 is 5.97 Å². The molecule has 2 rings (SSSR count). The first-order chi connectivity index (χ1) is 11.2. The third-order valence-electron chi connectivity index (χ3n) is 4.11. The number of carbonyl (C=O) groups is 2. The van der Waals surface area contributed by atoms with E-state index in [4.69, 9.17) is 9.47 Å². The van der Waals surface area contributed by atoms with Gasteiger partial charge in [-0.15, -0.1) is 0 Å². The predicted octanol–water partition coefficient (Wildman–Crippen LogP) is 4.13. The summed E-state index contributed by atoms with van der Waals surface area (Å²) < 4.78 is 10.1. The molecule has 0 unspecified atom stereocenters. The summed E-state index contributed by atoms with van der Waals surface area (Å²) in [4.78, 5) is 23.2. The van der Waals surface area contributed by atoms with Crippen molar-refractivity contribution in [2.75, 3.05) is 13.7 Å². The number of benzene rings is 1. The normalized spacial score (nSPS) is 20.2. The molecule has 0 atom stereocenters. The second-order valence-corrected chi connectivity index (χ2v) is 5.38. The van der Waals surface area contributed by atoms with E-state index in [0.717, 1.165) is 25.7 Å². The summed E-state index contributed by atoms with van der Waals surface area (Å²) in [7, 11) is 1.76. The molecular formula is C19H28O4. The van der Waals surface area contributed by atoms with Crippen LogP contribution in [-0.2, 0) is 14.3 Å². The third kappa shape index (κ3) is 5.47. The van der Waals surface area contributed by atoms with Gasteiger partial charge in [0.2, 0.25) is 0 Å². The molecule has 1 aromatic carbocycles. The van der Waals surface area contributed by atoms with Crippen molar-refractivity contribution in [3.63, 3.8) is 0 Å². The molecule has 0 saturated heterocycles. The number of ketones is 1. The summed E-state index contributed by atoms with van der Waals surface area (Å²) in [6.45, 7) is 5.90. The first kappa shape index (κ1) is 19.4. The zero-order chi connectivity index (χ0) is 17.2. The molecule has 1 aliphatic rings. The molecule has 1 fully saturated rings. The van der Waals surface area contributed by atoms with Gasteiger partial charge in [0.05, 0.1) is 12.7 Å². The Morgan fingerprint density at radius 1 is 1.04 bits per heavy atom. The van der Waals surface area contributed by atoms with E-state index in [-0.39, 0.29) is 6.61 Å². The molecular weight excluding hydrogens is 292 g/mol. The van der Waals surface area contributed by atoms with E-state index in [9.17, 15) is 9.59 Å². The highest BCUT2D eigenvalue weighted by Gasteiger charge is 2.23. The fourth-order valence-electron chi connectivity index (χ4n) is 2.85. The molecule has 0 bridgehead atoms. The van der Waals surface area contributed by atoms with Crippen molar-refractivity contribution in [3.05, 3.63) is 35.4 Å². The average molecular weight is 320 g/mol. The molecule has 1 aromatic rings. The molecule has 0 amide bonds. The van der Waals surface area contributed by atoms with E-state index < -0.39 is 11.8 Å². The molecule has 1 saturated carbocycles. The number of hydrogen-bond acceptors (Lipinski definition) is 4. The van der Waals surface area contributed by atoms with Gasteiger partial charge in [-0.1, -0.05) is 38.1 Å². The van der Waals surface area contributed by atoms with Gasteiger partial charge in [-0.3, -0.25) is 4.79 Å². The van der Waals surface area contributed by atoms with E-state index in [1.54, 1.807) is 26.2 Å². The second-order valence-electron chi connectivity index (χ2n) is 5.38. The SMILES string of the molecule is CC.CCOC(=O)C(=O)c1ccc(C2CCC(OC)CC2)cc1. The lowest BCUT2D eigenvalue weighted by Gasteiger charge is -2.27. The monoisotopic (exact) mass is 320 g/mol. The van der Waals surface area contributed by atoms with Crippen molar-refractivity contribution in [2.24, 2.45) is 0 Å². The van der Waals surface area contributed by atoms with Crippen LogP contribution in [-0.4, -0.2) is 31.6 Å². The molecule has 0 radical (unpaired) electrons. The van der Waals surface area contributed by atoms with Crippen LogP contribution in [0.15, 0.2) is 24.3 Å². The number of ether oxygens (including phenoxy) is 2. The average Bonchev–Trinajstić information content (AvgIpc) is 2.63. The Balaban J connectivity index is 0.00000127. The summed E-state index contributed by atoms with van der Waals surface area (Å²) in [5.41, 5.74) is 1.62. The fraction of sp³-hybridized carbons (Fsp3) is 0.579. The van der Waals surface area contributed by atoms with Gasteiger partial charge in [-0.05, 0) is 44.1 Å². The number of hydrogen-bond donors (Lipinski definition) is 0. The van der Waals surface area contributed by atoms with Crippen LogP contribution in [0.3, 0.4) is 0 Å². The molecule has 0 heterocycles. The standard InChI is InChI=1S/C17H22O4.C2H6/c1-3-21-17(19)16(18)14-6-4-12(5-7-14)13-8-10-15(20-2)11-9-13;1-2/h4-7,13,15H,3,8-11H2,1-2H3;1-2H3. The fourth-order valence-corrected chi connectivity index (χ4v) is 2.85. The highest BCUT2D eigenvalue weighted by atomic mass is 16.5. The van der Waals surface area contributed by atoms with Gasteiger partial charge in [-0.25, -0.2) is 4.79 Å². The van der Waals surface area contributed by atoms with Crippen LogP contribution in [0.1, 0.15) is 68.3 Å². The first-order valence-electron chi connectivity index (χ1n) is 8.50. The molecule has 4 heteroatoms. The second kappa shape index (κ2) is 10.2. The van der Waals surface area contributed by atoms with E-state index in [1.165, 1.54) is 5.56 Å². The molecule has 0 N–H and O–H groups in total. The maximum Gasteiger partial charge on any atom is 0.379 e. The van der Waals surface area contributed by atoms with Crippen molar-refractivity contribution in [1.29, 1.82) is 0 Å². The minimum absolute atomic E-state index is 0.214. The molecule has 1 aliphatic carbocycles. The number of rotatable bonds is 5. The van der Waals surface area contributed by atoms with Crippen molar-refractivity contribution in [1.82, 2.24) is 0 Å². The number of Topliss-reactive ketones (excluding diaryl/α,β-unsaturated/α-hetero) is 1. The summed E-state index contributed by atoms with van der Waals surface area (Å²) in [6.07, 6.45) is 4.73. The first-order valence-corrected chi connectivity index (χ1v) is 8.50. The van der Waals surface area contributed by atoms with Crippen molar-refractivity contribution < 1.29 is 19.1 Å². The van der Waals surface area contributed by atoms with Crippen LogP contribution < -0.4 is 0 Å². The van der Waals surface area contributed by atoms with Crippen LogP contribution >= 0.6 is 0 Å². The van der Waals surface area contributed by atoms with Gasteiger partial charge in [-0.2, -0.15) is 0 Å². The predicted molar refractivity (Wildman–Crippen MR) is 90.8 cm³/mol. The van der Waals surface area contributed by atoms with Crippen LogP contribution in [0.2, 0.25) is 0 Å². The van der Waals surface area contributed by atoms with E-state index in [2.05, 4.69) is 0 Å². The van der Waals surface area contributed by atoms with E-state index in [0.29, 0.717) is 17.6 Å². The Morgan fingerprint density at radius 3 is 2.09 bits per heavy atom. The lowest BCUT2D eigenvalue weighted by Crippen LogP contribution is -2.19. The minimum Gasteiger partial charge on any atom is -0.460 e. The number of esters is 1. The Morgan fingerprint density at radius 2 is 1.61 bits per heavy atom. The zero-order valence-electron chi connectivity index (χ0n) is 14.6. The Kier molecular flexibility index (Phi) is 8.56. The Labute approximate surface area is 139 Å². The van der Waals surface area contributed by atoms with Crippen LogP contribution in [0.4, 0.5) is 0 Å². The van der Waals surface area contributed by atoms with Gasteiger partial charge < -0.3 is 9.47 Å². The molecule has 128 valence electrons. The van der Waals surface area contributed by atoms with Gasteiger partial charge in [0.1, 0.15) is 0 Å². The lowest BCUT2D eigenvalue weighted by molar-refractivity contribution is -0.137.